The minimum absolute atomic E-state index is 0.268. The average molecular weight is 288 g/mol. The molecule has 1 aromatic rings. The summed E-state index contributed by atoms with van der Waals surface area (Å²) in [7, 11) is 0. The van der Waals surface area contributed by atoms with Crippen molar-refractivity contribution in [3.8, 4) is 0 Å². The number of rotatable bonds is 3. The number of nitrogens with two attached hydrogens (primary N) is 1. The molecule has 0 aliphatic carbocycles. The Kier molecular flexibility index (Phi) is 3.88. The third-order valence-electron chi connectivity index (χ3n) is 1.82. The van der Waals surface area contributed by atoms with E-state index in [0.717, 1.165) is 0 Å². The van der Waals surface area contributed by atoms with Crippen molar-refractivity contribution in [3.63, 3.8) is 0 Å². The van der Waals surface area contributed by atoms with E-state index in [4.69, 9.17) is 5.73 Å². The lowest BCUT2D eigenvalue weighted by atomic mass is 10.1. The lowest BCUT2D eigenvalue weighted by molar-refractivity contribution is 0.0945. The Morgan fingerprint density at radius 2 is 2.25 bits per heavy atom. The van der Waals surface area contributed by atoms with E-state index in [1.165, 1.54) is 12.3 Å². The molecule has 4 N–H and O–H groups in total. The molecule has 0 fully saturated rings. The Labute approximate surface area is 102 Å². The highest BCUT2D eigenvalue weighted by atomic mass is 79.9. The standard InChI is InChI=1S/C10H14BrN3O2/c1-10(2,12)5-14-8(15)6-3-7(11)9(16)13-4-6/h3-4H,5,12H2,1-2H3,(H,13,16)(H,14,15). The summed E-state index contributed by atoms with van der Waals surface area (Å²) in [5.74, 6) is -0.268. The van der Waals surface area contributed by atoms with Gasteiger partial charge in [-0.05, 0) is 35.8 Å². The number of aromatic nitrogens is 1. The molecule has 0 spiro atoms. The molecule has 0 saturated carbocycles. The molecule has 6 heteroatoms. The second-order valence-corrected chi connectivity index (χ2v) is 5.09. The summed E-state index contributed by atoms with van der Waals surface area (Å²) in [6.45, 7) is 3.99. The van der Waals surface area contributed by atoms with Crippen LogP contribution in [0.3, 0.4) is 0 Å². The van der Waals surface area contributed by atoms with Crippen LogP contribution in [-0.4, -0.2) is 23.0 Å². The molecule has 0 aliphatic heterocycles. The van der Waals surface area contributed by atoms with Crippen LogP contribution in [-0.2, 0) is 0 Å². The van der Waals surface area contributed by atoms with Crippen LogP contribution in [0.15, 0.2) is 21.5 Å². The first-order chi connectivity index (χ1) is 7.29. The van der Waals surface area contributed by atoms with Crippen molar-refractivity contribution in [1.29, 1.82) is 0 Å². The van der Waals surface area contributed by atoms with Crippen LogP contribution in [0.5, 0.6) is 0 Å². The van der Waals surface area contributed by atoms with Crippen molar-refractivity contribution in [2.75, 3.05) is 6.54 Å². The van der Waals surface area contributed by atoms with Crippen LogP contribution in [0.2, 0.25) is 0 Å². The summed E-state index contributed by atoms with van der Waals surface area (Å²) in [6.07, 6.45) is 1.37. The molecule has 0 aromatic carbocycles. The van der Waals surface area contributed by atoms with E-state index in [0.29, 0.717) is 16.6 Å². The first-order valence-corrected chi connectivity index (χ1v) is 5.54. The molecule has 1 aromatic heterocycles. The first-order valence-electron chi connectivity index (χ1n) is 4.75. The Balaban J connectivity index is 2.74. The molecular formula is C10H14BrN3O2. The molecule has 16 heavy (non-hydrogen) atoms. The van der Waals surface area contributed by atoms with E-state index < -0.39 is 5.54 Å². The zero-order chi connectivity index (χ0) is 12.3. The maximum Gasteiger partial charge on any atom is 0.262 e. The van der Waals surface area contributed by atoms with Crippen molar-refractivity contribution < 1.29 is 4.79 Å². The summed E-state index contributed by atoms with van der Waals surface area (Å²) in [6, 6.07) is 1.47. The SMILES string of the molecule is CC(C)(N)CNC(=O)c1c[nH]c(=O)c(Br)c1. The number of H-pyrrole nitrogens is 1. The Bertz CT molecular complexity index is 448. The summed E-state index contributed by atoms with van der Waals surface area (Å²) in [5.41, 5.74) is 5.39. The topological polar surface area (TPSA) is 88.0 Å². The van der Waals surface area contributed by atoms with E-state index in [-0.39, 0.29) is 11.5 Å². The molecular weight excluding hydrogens is 274 g/mol. The van der Waals surface area contributed by atoms with Crippen LogP contribution >= 0.6 is 15.9 Å². The van der Waals surface area contributed by atoms with Crippen molar-refractivity contribution in [3.05, 3.63) is 32.7 Å². The summed E-state index contributed by atoms with van der Waals surface area (Å²) in [4.78, 5) is 25.2. The van der Waals surface area contributed by atoms with Crippen LogP contribution in [0.4, 0.5) is 0 Å². The molecule has 0 radical (unpaired) electrons. The third kappa shape index (κ3) is 3.79. The zero-order valence-corrected chi connectivity index (χ0v) is 10.7. The number of carbonyl (C=O) groups excluding carboxylic acids is 1. The Hall–Kier alpha value is -1.14. The molecule has 0 saturated heterocycles. The number of pyridine rings is 1. The van der Waals surface area contributed by atoms with Crippen LogP contribution in [0, 0.1) is 0 Å². The van der Waals surface area contributed by atoms with Crippen molar-refractivity contribution in [2.24, 2.45) is 5.73 Å². The predicted octanol–water partition coefficient (Wildman–Crippen LogP) is 0.604. The van der Waals surface area contributed by atoms with Gasteiger partial charge in [-0.25, -0.2) is 0 Å². The predicted molar refractivity (Wildman–Crippen MR) is 65.4 cm³/mol. The number of aromatic amines is 1. The quantitative estimate of drug-likeness (QED) is 0.761. The van der Waals surface area contributed by atoms with Gasteiger partial charge in [0.15, 0.2) is 0 Å². The van der Waals surface area contributed by atoms with E-state index in [9.17, 15) is 9.59 Å². The minimum atomic E-state index is -0.463. The zero-order valence-electron chi connectivity index (χ0n) is 9.13. The molecule has 1 amide bonds. The fourth-order valence-corrected chi connectivity index (χ4v) is 1.36. The van der Waals surface area contributed by atoms with Gasteiger partial charge in [0.2, 0.25) is 0 Å². The van der Waals surface area contributed by atoms with Gasteiger partial charge in [-0.15, -0.1) is 0 Å². The maximum atomic E-state index is 11.6. The number of nitrogens with one attached hydrogen (secondary N) is 2. The molecule has 0 bridgehead atoms. The van der Waals surface area contributed by atoms with Crippen LogP contribution in [0.1, 0.15) is 24.2 Å². The number of hydrogen-bond donors (Lipinski definition) is 3. The lowest BCUT2D eigenvalue weighted by Crippen LogP contribution is -2.45. The fourth-order valence-electron chi connectivity index (χ4n) is 0.997. The van der Waals surface area contributed by atoms with E-state index in [1.807, 2.05) is 13.8 Å². The van der Waals surface area contributed by atoms with Gasteiger partial charge in [0, 0.05) is 18.3 Å². The van der Waals surface area contributed by atoms with Gasteiger partial charge in [-0.2, -0.15) is 0 Å². The molecule has 0 unspecified atom stereocenters. The fraction of sp³-hybridized carbons (Fsp3) is 0.400. The van der Waals surface area contributed by atoms with Gasteiger partial charge in [0.1, 0.15) is 0 Å². The van der Waals surface area contributed by atoms with Crippen LogP contribution < -0.4 is 16.6 Å². The summed E-state index contributed by atoms with van der Waals surface area (Å²) >= 11 is 3.06. The first kappa shape index (κ1) is 12.9. The van der Waals surface area contributed by atoms with Crippen LogP contribution in [0.25, 0.3) is 0 Å². The molecule has 0 atom stereocenters. The molecule has 1 heterocycles. The van der Waals surface area contributed by atoms with Gasteiger partial charge in [0.25, 0.3) is 11.5 Å². The van der Waals surface area contributed by atoms with Crippen molar-refractivity contribution >= 4 is 21.8 Å². The number of amides is 1. The highest BCUT2D eigenvalue weighted by Crippen LogP contribution is 2.05. The van der Waals surface area contributed by atoms with Gasteiger partial charge in [-0.1, -0.05) is 0 Å². The van der Waals surface area contributed by atoms with Crippen molar-refractivity contribution in [2.45, 2.75) is 19.4 Å². The van der Waals surface area contributed by atoms with E-state index in [2.05, 4.69) is 26.2 Å². The third-order valence-corrected chi connectivity index (χ3v) is 2.41. The Morgan fingerprint density at radius 3 is 2.75 bits per heavy atom. The van der Waals surface area contributed by atoms with Crippen molar-refractivity contribution in [1.82, 2.24) is 10.3 Å². The Morgan fingerprint density at radius 1 is 1.62 bits per heavy atom. The lowest BCUT2D eigenvalue weighted by Gasteiger charge is -2.18. The van der Waals surface area contributed by atoms with E-state index >= 15 is 0 Å². The molecule has 0 aliphatic rings. The summed E-state index contributed by atoms with van der Waals surface area (Å²) in [5, 5.41) is 2.68. The molecule has 1 rings (SSSR count). The average Bonchev–Trinajstić information content (AvgIpc) is 2.17. The maximum absolute atomic E-state index is 11.6. The molecule has 5 nitrogen and oxygen atoms in total. The van der Waals surface area contributed by atoms with Gasteiger partial charge in [-0.3, -0.25) is 9.59 Å². The van der Waals surface area contributed by atoms with Gasteiger partial charge in [0.05, 0.1) is 10.0 Å². The summed E-state index contributed by atoms with van der Waals surface area (Å²) < 4.78 is 0.326. The van der Waals surface area contributed by atoms with Gasteiger partial charge < -0.3 is 16.0 Å². The molecule has 88 valence electrons. The minimum Gasteiger partial charge on any atom is -0.350 e. The normalized spacial score (nSPS) is 11.2. The number of carbonyl (C=O) groups is 1. The monoisotopic (exact) mass is 287 g/mol. The largest absolute Gasteiger partial charge is 0.350 e. The second kappa shape index (κ2) is 4.80. The smallest absolute Gasteiger partial charge is 0.262 e. The number of hydrogen-bond acceptors (Lipinski definition) is 3. The highest BCUT2D eigenvalue weighted by Gasteiger charge is 2.13. The highest BCUT2D eigenvalue weighted by molar-refractivity contribution is 9.10. The second-order valence-electron chi connectivity index (χ2n) is 4.24. The number of halogens is 1. The van der Waals surface area contributed by atoms with E-state index in [1.54, 1.807) is 0 Å². The van der Waals surface area contributed by atoms with Gasteiger partial charge >= 0.3 is 0 Å².